The summed E-state index contributed by atoms with van der Waals surface area (Å²) in [6.45, 7) is 1.81. The van der Waals surface area contributed by atoms with Crippen LogP contribution in [0.25, 0.3) is 0 Å². The van der Waals surface area contributed by atoms with Crippen molar-refractivity contribution in [2.24, 2.45) is 0 Å². The number of methoxy groups -OCH3 is 1. The van der Waals surface area contributed by atoms with Gasteiger partial charge in [0.1, 0.15) is 0 Å². The first kappa shape index (κ1) is 12.7. The summed E-state index contributed by atoms with van der Waals surface area (Å²) in [4.78, 5) is 0. The Bertz CT molecular complexity index is 281. The first-order valence-corrected chi connectivity index (χ1v) is 7.55. The van der Waals surface area contributed by atoms with Crippen molar-refractivity contribution in [3.63, 3.8) is 0 Å². The third kappa shape index (κ3) is 3.05. The molecule has 0 aliphatic heterocycles. The van der Waals surface area contributed by atoms with Gasteiger partial charge >= 0.3 is 97.6 Å². The molecular formula is C12H18O2Se. The molecule has 1 aromatic carbocycles. The second-order valence-corrected chi connectivity index (χ2v) is 5.82. The number of rotatable bonds is 5. The molecule has 0 radical (unpaired) electrons. The van der Waals surface area contributed by atoms with Gasteiger partial charge in [-0.1, -0.05) is 0 Å². The van der Waals surface area contributed by atoms with E-state index in [1.54, 1.807) is 7.11 Å². The number of hydrogen-bond donors (Lipinski definition) is 1. The van der Waals surface area contributed by atoms with Gasteiger partial charge in [0, 0.05) is 0 Å². The van der Waals surface area contributed by atoms with Crippen LogP contribution in [0.4, 0.5) is 0 Å². The van der Waals surface area contributed by atoms with Gasteiger partial charge < -0.3 is 0 Å². The molecule has 0 unspecified atom stereocenters. The van der Waals surface area contributed by atoms with E-state index in [4.69, 9.17) is 4.74 Å². The molecule has 0 aliphatic rings. The van der Waals surface area contributed by atoms with Gasteiger partial charge in [0.2, 0.25) is 0 Å². The summed E-state index contributed by atoms with van der Waals surface area (Å²) in [6, 6.07) is 10.1. The predicted molar refractivity (Wildman–Crippen MR) is 63.0 cm³/mol. The standard InChI is InChI=1S/C12H18O2Se/c1-10(13)9-12(14-2,15-3)11-7-5-4-6-8-11/h4-8,10,13H,9H2,1-3H3/t10-,12+/m0/s1. The molecule has 0 heterocycles. The molecule has 15 heavy (non-hydrogen) atoms. The van der Waals surface area contributed by atoms with Crippen LogP contribution < -0.4 is 0 Å². The molecule has 1 rings (SSSR count). The molecule has 0 spiro atoms. The van der Waals surface area contributed by atoms with Gasteiger partial charge in [0.25, 0.3) is 0 Å². The normalized spacial score (nSPS) is 17.1. The fourth-order valence-corrected chi connectivity index (χ4v) is 3.67. The topological polar surface area (TPSA) is 29.5 Å². The minimum atomic E-state index is -0.341. The van der Waals surface area contributed by atoms with Crippen LogP contribution in [0.3, 0.4) is 0 Å². The minimum absolute atomic E-state index is 0.289. The molecular weight excluding hydrogens is 255 g/mol. The van der Waals surface area contributed by atoms with Crippen molar-refractivity contribution >= 4 is 15.0 Å². The second kappa shape index (κ2) is 5.66. The Morgan fingerprint density at radius 2 is 2.00 bits per heavy atom. The molecule has 0 aromatic heterocycles. The Labute approximate surface area is 97.8 Å². The molecule has 0 aliphatic carbocycles. The molecule has 2 nitrogen and oxygen atoms in total. The summed E-state index contributed by atoms with van der Waals surface area (Å²) >= 11 is 0.292. The summed E-state index contributed by atoms with van der Waals surface area (Å²) in [6.07, 6.45) is 0.316. The SMILES string of the molecule is CO[C@](C[C@H](C)O)([Se]C)c1ccccc1. The van der Waals surface area contributed by atoms with Crippen molar-refractivity contribution in [1.82, 2.24) is 0 Å². The Morgan fingerprint density at radius 3 is 2.40 bits per heavy atom. The third-order valence-corrected chi connectivity index (χ3v) is 5.01. The van der Waals surface area contributed by atoms with E-state index in [1.165, 1.54) is 0 Å². The third-order valence-electron chi connectivity index (χ3n) is 2.44. The van der Waals surface area contributed by atoms with Crippen LogP contribution in [0.2, 0.25) is 5.82 Å². The van der Waals surface area contributed by atoms with E-state index >= 15 is 0 Å². The molecule has 1 N–H and O–H groups in total. The van der Waals surface area contributed by atoms with E-state index < -0.39 is 0 Å². The van der Waals surface area contributed by atoms with Gasteiger partial charge in [-0.3, -0.25) is 0 Å². The van der Waals surface area contributed by atoms with Crippen LogP contribution in [0.15, 0.2) is 30.3 Å². The first-order chi connectivity index (χ1) is 7.14. The molecule has 0 fully saturated rings. The molecule has 2 atom stereocenters. The van der Waals surface area contributed by atoms with Gasteiger partial charge in [-0.25, -0.2) is 0 Å². The number of aliphatic hydroxyl groups excluding tert-OH is 1. The van der Waals surface area contributed by atoms with Crippen LogP contribution >= 0.6 is 0 Å². The fraction of sp³-hybridized carbons (Fsp3) is 0.500. The van der Waals surface area contributed by atoms with Crippen LogP contribution in [0, 0.1) is 0 Å². The number of hydrogen-bond acceptors (Lipinski definition) is 2. The first-order valence-electron chi connectivity index (χ1n) is 4.98. The maximum atomic E-state index is 9.54. The Balaban J connectivity index is 3.00. The monoisotopic (exact) mass is 274 g/mol. The average Bonchev–Trinajstić information content (AvgIpc) is 2.27. The zero-order chi connectivity index (χ0) is 11.3. The molecule has 0 saturated carbocycles. The molecule has 3 heteroatoms. The van der Waals surface area contributed by atoms with E-state index in [-0.39, 0.29) is 10.6 Å². The fourth-order valence-electron chi connectivity index (χ4n) is 1.68. The van der Waals surface area contributed by atoms with Gasteiger partial charge in [-0.05, 0) is 0 Å². The molecule has 0 saturated heterocycles. The van der Waals surface area contributed by atoms with Crippen molar-refractivity contribution in [1.29, 1.82) is 0 Å². The van der Waals surface area contributed by atoms with Crippen LogP contribution in [0.5, 0.6) is 0 Å². The summed E-state index contributed by atoms with van der Waals surface area (Å²) in [5.41, 5.74) is 1.16. The van der Waals surface area contributed by atoms with Crippen molar-refractivity contribution in [2.45, 2.75) is 29.8 Å². The van der Waals surface area contributed by atoms with E-state index in [0.717, 1.165) is 5.56 Å². The van der Waals surface area contributed by atoms with E-state index in [1.807, 2.05) is 25.1 Å². The van der Waals surface area contributed by atoms with Gasteiger partial charge in [0.05, 0.1) is 0 Å². The van der Waals surface area contributed by atoms with Crippen molar-refractivity contribution in [3.8, 4) is 0 Å². The van der Waals surface area contributed by atoms with E-state index in [9.17, 15) is 5.11 Å². The average molecular weight is 273 g/mol. The van der Waals surface area contributed by atoms with Crippen molar-refractivity contribution < 1.29 is 9.84 Å². The Hall–Kier alpha value is -0.341. The van der Waals surface area contributed by atoms with Gasteiger partial charge in [-0.2, -0.15) is 0 Å². The molecule has 84 valence electrons. The van der Waals surface area contributed by atoms with Gasteiger partial charge in [-0.15, -0.1) is 0 Å². The van der Waals surface area contributed by atoms with Crippen LogP contribution in [0.1, 0.15) is 18.9 Å². The second-order valence-electron chi connectivity index (χ2n) is 3.58. The Kier molecular flexibility index (Phi) is 4.81. The quantitative estimate of drug-likeness (QED) is 0.832. The summed E-state index contributed by atoms with van der Waals surface area (Å²) in [7, 11) is 1.72. The number of aliphatic hydroxyl groups is 1. The zero-order valence-corrected chi connectivity index (χ0v) is 11.1. The summed E-state index contributed by atoms with van der Waals surface area (Å²) in [5.74, 6) is 2.14. The number of ether oxygens (including phenoxy) is 1. The van der Waals surface area contributed by atoms with Crippen molar-refractivity contribution in [2.75, 3.05) is 7.11 Å². The zero-order valence-electron chi connectivity index (χ0n) is 9.43. The summed E-state index contributed by atoms with van der Waals surface area (Å²) < 4.78 is 5.36. The van der Waals surface area contributed by atoms with Gasteiger partial charge in [0.15, 0.2) is 0 Å². The van der Waals surface area contributed by atoms with Crippen LogP contribution in [-0.4, -0.2) is 33.3 Å². The van der Waals surface area contributed by atoms with E-state index in [0.29, 0.717) is 21.4 Å². The molecule has 0 amide bonds. The molecule has 1 aromatic rings. The Morgan fingerprint density at radius 1 is 1.40 bits per heavy atom. The molecule has 0 bridgehead atoms. The number of benzene rings is 1. The van der Waals surface area contributed by atoms with Crippen molar-refractivity contribution in [3.05, 3.63) is 35.9 Å². The van der Waals surface area contributed by atoms with E-state index in [2.05, 4.69) is 18.0 Å². The van der Waals surface area contributed by atoms with Crippen LogP contribution in [-0.2, 0) is 9.24 Å². The summed E-state index contributed by atoms with van der Waals surface area (Å²) in [5, 5.41) is 9.54. The maximum absolute atomic E-state index is 9.54. The predicted octanol–water partition coefficient (Wildman–Crippen LogP) is 2.01.